The van der Waals surface area contributed by atoms with Crippen molar-refractivity contribution in [1.82, 2.24) is 0 Å². The number of hydrogen-bond acceptors (Lipinski definition) is 4. The van der Waals surface area contributed by atoms with Crippen molar-refractivity contribution < 1.29 is 13.1 Å². The van der Waals surface area contributed by atoms with Gasteiger partial charge in [-0.25, -0.2) is 0 Å². The molecular formula is C7H14O3S. The van der Waals surface area contributed by atoms with Crippen molar-refractivity contribution in [3.8, 4) is 0 Å². The summed E-state index contributed by atoms with van der Waals surface area (Å²) >= 11 is 1.07. The second kappa shape index (κ2) is 6.91. The smallest absolute Gasteiger partial charge is 0.158 e. The van der Waals surface area contributed by atoms with E-state index in [1.807, 2.05) is 0 Å². The lowest BCUT2D eigenvalue weighted by Crippen LogP contribution is -2.03. The SMILES string of the molecule is C1CCOCC1.C1COSO1. The lowest BCUT2D eigenvalue weighted by Gasteiger charge is -2.08. The summed E-state index contributed by atoms with van der Waals surface area (Å²) in [5.74, 6) is 0. The van der Waals surface area contributed by atoms with Crippen molar-refractivity contribution in [1.29, 1.82) is 0 Å². The summed E-state index contributed by atoms with van der Waals surface area (Å²) in [5, 5.41) is 0. The van der Waals surface area contributed by atoms with Gasteiger partial charge in [-0.15, -0.1) is 0 Å². The molecule has 2 heterocycles. The molecule has 4 heteroatoms. The lowest BCUT2D eigenvalue weighted by molar-refractivity contribution is 0.0968. The van der Waals surface area contributed by atoms with Gasteiger partial charge in [0.25, 0.3) is 0 Å². The van der Waals surface area contributed by atoms with E-state index < -0.39 is 0 Å². The van der Waals surface area contributed by atoms with Crippen LogP contribution in [0.15, 0.2) is 0 Å². The quantitative estimate of drug-likeness (QED) is 0.528. The highest BCUT2D eigenvalue weighted by Gasteiger charge is 1.97. The van der Waals surface area contributed by atoms with E-state index in [9.17, 15) is 0 Å². The summed E-state index contributed by atoms with van der Waals surface area (Å²) in [7, 11) is 0. The molecule has 0 aromatic rings. The molecule has 3 nitrogen and oxygen atoms in total. The molecule has 0 amide bonds. The molecule has 2 fully saturated rings. The van der Waals surface area contributed by atoms with E-state index in [4.69, 9.17) is 4.74 Å². The van der Waals surface area contributed by atoms with Crippen LogP contribution in [0.25, 0.3) is 0 Å². The van der Waals surface area contributed by atoms with Gasteiger partial charge in [0.05, 0.1) is 13.2 Å². The third-order valence-electron chi connectivity index (χ3n) is 1.42. The molecule has 2 rings (SSSR count). The molecular weight excluding hydrogens is 164 g/mol. The number of rotatable bonds is 0. The summed E-state index contributed by atoms with van der Waals surface area (Å²) < 4.78 is 14.3. The molecule has 11 heavy (non-hydrogen) atoms. The average Bonchev–Trinajstić information content (AvgIpc) is 2.64. The van der Waals surface area contributed by atoms with Gasteiger partial charge in [0, 0.05) is 13.2 Å². The van der Waals surface area contributed by atoms with Crippen LogP contribution in [0.1, 0.15) is 19.3 Å². The Morgan fingerprint density at radius 3 is 1.55 bits per heavy atom. The third kappa shape index (κ3) is 5.49. The molecule has 0 spiro atoms. The fourth-order valence-corrected chi connectivity index (χ4v) is 1.20. The van der Waals surface area contributed by atoms with E-state index in [0.29, 0.717) is 0 Å². The fourth-order valence-electron chi connectivity index (χ4n) is 0.857. The highest BCUT2D eigenvalue weighted by Crippen LogP contribution is 2.09. The van der Waals surface area contributed by atoms with Crippen LogP contribution in [0.5, 0.6) is 0 Å². The molecule has 2 aliphatic heterocycles. The van der Waals surface area contributed by atoms with Crippen molar-refractivity contribution in [3.63, 3.8) is 0 Å². The molecule has 0 aromatic carbocycles. The summed E-state index contributed by atoms with van der Waals surface area (Å²) in [5.41, 5.74) is 0. The summed E-state index contributed by atoms with van der Waals surface area (Å²) in [4.78, 5) is 0. The van der Waals surface area contributed by atoms with Gasteiger partial charge >= 0.3 is 0 Å². The second-order valence-corrected chi connectivity index (χ2v) is 2.99. The monoisotopic (exact) mass is 178 g/mol. The van der Waals surface area contributed by atoms with Crippen molar-refractivity contribution in [2.45, 2.75) is 19.3 Å². The Hall–Kier alpha value is 0.230. The van der Waals surface area contributed by atoms with Gasteiger partial charge in [-0.2, -0.15) is 0 Å². The molecule has 0 radical (unpaired) electrons. The minimum atomic E-state index is 0.741. The normalized spacial score (nSPS) is 24.0. The first-order valence-corrected chi connectivity index (χ1v) is 4.65. The first kappa shape index (κ1) is 9.32. The van der Waals surface area contributed by atoms with Gasteiger partial charge in [-0.3, -0.25) is 8.37 Å². The maximum absolute atomic E-state index is 5.07. The Labute approximate surface area is 71.8 Å². The second-order valence-electron chi connectivity index (χ2n) is 2.39. The first-order chi connectivity index (χ1) is 5.50. The molecule has 0 unspecified atom stereocenters. The van der Waals surface area contributed by atoms with Gasteiger partial charge in [0.1, 0.15) is 0 Å². The molecule has 0 aliphatic carbocycles. The molecule has 2 aliphatic rings. The van der Waals surface area contributed by atoms with Crippen molar-refractivity contribution in [2.75, 3.05) is 26.4 Å². The fraction of sp³-hybridized carbons (Fsp3) is 1.00. The topological polar surface area (TPSA) is 27.7 Å². The van der Waals surface area contributed by atoms with Crippen LogP contribution in [-0.2, 0) is 13.1 Å². The Morgan fingerprint density at radius 1 is 0.727 bits per heavy atom. The zero-order valence-corrected chi connectivity index (χ0v) is 7.40. The van der Waals surface area contributed by atoms with E-state index >= 15 is 0 Å². The predicted octanol–water partition coefficient (Wildman–Crippen LogP) is 1.78. The Kier molecular flexibility index (Phi) is 5.85. The molecule has 66 valence electrons. The van der Waals surface area contributed by atoms with E-state index in [2.05, 4.69) is 8.37 Å². The highest BCUT2D eigenvalue weighted by atomic mass is 32.2. The minimum absolute atomic E-state index is 0.741. The third-order valence-corrected chi connectivity index (χ3v) is 1.95. The van der Waals surface area contributed by atoms with Gasteiger partial charge in [-0.05, 0) is 19.3 Å². The summed E-state index contributed by atoms with van der Waals surface area (Å²) in [6.45, 7) is 3.48. The van der Waals surface area contributed by atoms with Crippen LogP contribution in [0.4, 0.5) is 0 Å². The molecule has 0 saturated carbocycles. The largest absolute Gasteiger partial charge is 0.381 e. The van der Waals surface area contributed by atoms with E-state index in [1.54, 1.807) is 0 Å². The van der Waals surface area contributed by atoms with Crippen molar-refractivity contribution >= 4 is 12.3 Å². The van der Waals surface area contributed by atoms with Crippen molar-refractivity contribution in [2.24, 2.45) is 0 Å². The summed E-state index contributed by atoms with van der Waals surface area (Å²) in [6, 6.07) is 0. The van der Waals surface area contributed by atoms with E-state index in [-0.39, 0.29) is 0 Å². The standard InChI is InChI=1S/C5H10O.C2H4O2S/c1-2-4-6-5-3-1;1-2-4-5-3-1/h1-5H2;1-2H2. The average molecular weight is 178 g/mol. The molecule has 0 aromatic heterocycles. The van der Waals surface area contributed by atoms with Gasteiger partial charge < -0.3 is 4.74 Å². The Bertz CT molecular complexity index is 62.6. The van der Waals surface area contributed by atoms with Crippen LogP contribution in [0, 0.1) is 0 Å². The van der Waals surface area contributed by atoms with Gasteiger partial charge in [-0.1, -0.05) is 0 Å². The summed E-state index contributed by atoms with van der Waals surface area (Å²) in [6.07, 6.45) is 3.93. The molecule has 0 N–H and O–H groups in total. The van der Waals surface area contributed by atoms with Gasteiger partial charge in [0.15, 0.2) is 12.3 Å². The Balaban J connectivity index is 0.000000112. The predicted molar refractivity (Wildman–Crippen MR) is 44.2 cm³/mol. The molecule has 0 bridgehead atoms. The van der Waals surface area contributed by atoms with Crippen molar-refractivity contribution in [3.05, 3.63) is 0 Å². The van der Waals surface area contributed by atoms with Crippen LogP contribution in [0.3, 0.4) is 0 Å². The first-order valence-electron chi connectivity index (χ1n) is 3.99. The zero-order chi connectivity index (χ0) is 7.78. The van der Waals surface area contributed by atoms with Crippen LogP contribution in [0.2, 0.25) is 0 Å². The van der Waals surface area contributed by atoms with E-state index in [1.165, 1.54) is 19.3 Å². The molecule has 0 atom stereocenters. The minimum Gasteiger partial charge on any atom is -0.381 e. The maximum Gasteiger partial charge on any atom is 0.158 e. The van der Waals surface area contributed by atoms with Crippen LogP contribution in [-0.4, -0.2) is 26.4 Å². The van der Waals surface area contributed by atoms with Crippen LogP contribution < -0.4 is 0 Å². The van der Waals surface area contributed by atoms with Crippen LogP contribution >= 0.6 is 12.3 Å². The van der Waals surface area contributed by atoms with E-state index in [0.717, 1.165) is 38.8 Å². The zero-order valence-electron chi connectivity index (χ0n) is 6.58. The van der Waals surface area contributed by atoms with Gasteiger partial charge in [0.2, 0.25) is 0 Å². The Morgan fingerprint density at radius 2 is 1.36 bits per heavy atom. The molecule has 2 saturated heterocycles. The number of hydrogen-bond donors (Lipinski definition) is 0. The maximum atomic E-state index is 5.07. The number of ether oxygens (including phenoxy) is 1. The highest BCUT2D eigenvalue weighted by molar-refractivity contribution is 7.90. The lowest BCUT2D eigenvalue weighted by atomic mass is 10.2.